The van der Waals surface area contributed by atoms with Gasteiger partial charge >= 0.3 is 0 Å². The minimum Gasteiger partial charge on any atom is -0.441 e. The van der Waals surface area contributed by atoms with Gasteiger partial charge in [0.25, 0.3) is 0 Å². The zero-order valence-electron chi connectivity index (χ0n) is 13.8. The average molecular weight is 325 g/mol. The van der Waals surface area contributed by atoms with E-state index in [2.05, 4.69) is 15.2 Å². The Morgan fingerprint density at radius 3 is 2.92 bits per heavy atom. The molecule has 2 fully saturated rings. The summed E-state index contributed by atoms with van der Waals surface area (Å²) in [6.45, 7) is 1.95. The fraction of sp³-hybridized carbons (Fsp3) is 0.474. The maximum absolute atomic E-state index is 12.7. The first-order valence-electron chi connectivity index (χ1n) is 8.83. The van der Waals surface area contributed by atoms with Crippen LogP contribution in [0.4, 0.5) is 0 Å². The van der Waals surface area contributed by atoms with Gasteiger partial charge in [-0.3, -0.25) is 4.79 Å². The number of fused-ring (bicyclic) bond motifs is 2. The Labute approximate surface area is 142 Å². The van der Waals surface area contributed by atoms with E-state index in [4.69, 9.17) is 4.42 Å². The van der Waals surface area contributed by atoms with Crippen LogP contribution >= 0.6 is 0 Å². The van der Waals surface area contributed by atoms with Crippen molar-refractivity contribution in [3.05, 3.63) is 42.4 Å². The lowest BCUT2D eigenvalue weighted by molar-refractivity contribution is -0.133. The number of carbonyl (C=O) groups excluding carboxylic acids is 1. The first kappa shape index (κ1) is 15.4. The Bertz CT molecular complexity index is 684. The lowest BCUT2D eigenvalue weighted by Gasteiger charge is -2.27. The van der Waals surface area contributed by atoms with E-state index in [0.717, 1.165) is 43.7 Å². The summed E-state index contributed by atoms with van der Waals surface area (Å²) in [7, 11) is 0. The molecule has 2 bridgehead atoms. The molecule has 5 nitrogen and oxygen atoms in total. The molecule has 1 aromatic carbocycles. The normalized spacial score (nSPS) is 23.2. The van der Waals surface area contributed by atoms with Crippen molar-refractivity contribution in [2.24, 2.45) is 0 Å². The summed E-state index contributed by atoms with van der Waals surface area (Å²) in [5, 5.41) is 3.43. The Kier molecular flexibility index (Phi) is 4.34. The highest BCUT2D eigenvalue weighted by atomic mass is 16.4. The molecular weight excluding hydrogens is 302 g/mol. The molecule has 0 spiro atoms. The summed E-state index contributed by atoms with van der Waals surface area (Å²) in [6.07, 6.45) is 6.13. The highest BCUT2D eigenvalue weighted by Crippen LogP contribution is 2.29. The van der Waals surface area contributed by atoms with Crippen LogP contribution in [0.25, 0.3) is 11.3 Å². The largest absolute Gasteiger partial charge is 0.441 e. The van der Waals surface area contributed by atoms with Gasteiger partial charge in [-0.05, 0) is 25.8 Å². The molecular formula is C19H23N3O2. The monoisotopic (exact) mass is 325 g/mol. The second-order valence-corrected chi connectivity index (χ2v) is 6.66. The molecule has 5 heteroatoms. The van der Waals surface area contributed by atoms with Crippen LogP contribution in [-0.2, 0) is 11.2 Å². The van der Waals surface area contributed by atoms with Crippen LogP contribution in [0.2, 0.25) is 0 Å². The maximum atomic E-state index is 12.7. The van der Waals surface area contributed by atoms with Crippen molar-refractivity contribution in [3.63, 3.8) is 0 Å². The number of amides is 1. The molecule has 2 aromatic rings. The molecule has 0 radical (unpaired) electrons. The summed E-state index contributed by atoms with van der Waals surface area (Å²) in [6, 6.07) is 10.7. The van der Waals surface area contributed by atoms with Crippen molar-refractivity contribution < 1.29 is 9.21 Å². The van der Waals surface area contributed by atoms with E-state index in [1.807, 2.05) is 30.3 Å². The molecule has 1 aromatic heterocycles. The number of aromatic nitrogens is 1. The molecule has 1 amide bonds. The quantitative estimate of drug-likeness (QED) is 0.939. The van der Waals surface area contributed by atoms with Gasteiger partial charge in [0.2, 0.25) is 5.91 Å². The molecule has 4 rings (SSSR count). The summed E-state index contributed by atoms with van der Waals surface area (Å²) in [4.78, 5) is 19.1. The first-order valence-corrected chi connectivity index (χ1v) is 8.83. The summed E-state index contributed by atoms with van der Waals surface area (Å²) in [5.41, 5.74) is 1.01. The van der Waals surface area contributed by atoms with Crippen molar-refractivity contribution in [1.29, 1.82) is 0 Å². The highest BCUT2D eigenvalue weighted by Gasteiger charge is 2.37. The minimum atomic E-state index is 0.241. The van der Waals surface area contributed by atoms with Crippen LogP contribution < -0.4 is 5.32 Å². The third-order valence-electron chi connectivity index (χ3n) is 5.11. The van der Waals surface area contributed by atoms with Gasteiger partial charge in [0.05, 0.1) is 6.20 Å². The maximum Gasteiger partial charge on any atom is 0.223 e. The Morgan fingerprint density at radius 2 is 2.04 bits per heavy atom. The van der Waals surface area contributed by atoms with Crippen molar-refractivity contribution >= 4 is 5.91 Å². The molecule has 2 aliphatic rings. The van der Waals surface area contributed by atoms with Crippen molar-refractivity contribution in [3.8, 4) is 11.3 Å². The second-order valence-electron chi connectivity index (χ2n) is 6.66. The van der Waals surface area contributed by atoms with Crippen LogP contribution in [0, 0.1) is 0 Å². The lowest BCUT2D eigenvalue weighted by atomic mass is 10.1. The number of nitrogens with zero attached hydrogens (tertiary/aromatic N) is 2. The topological polar surface area (TPSA) is 58.4 Å². The molecule has 24 heavy (non-hydrogen) atoms. The van der Waals surface area contributed by atoms with Gasteiger partial charge in [-0.2, -0.15) is 0 Å². The molecule has 2 aliphatic heterocycles. The third-order valence-corrected chi connectivity index (χ3v) is 5.11. The zero-order chi connectivity index (χ0) is 16.4. The van der Waals surface area contributed by atoms with Crippen molar-refractivity contribution in [2.75, 3.05) is 13.1 Å². The number of rotatable bonds is 4. The first-order chi connectivity index (χ1) is 11.8. The van der Waals surface area contributed by atoms with E-state index in [1.165, 1.54) is 0 Å². The van der Waals surface area contributed by atoms with Crippen LogP contribution in [0.15, 0.2) is 40.9 Å². The molecule has 0 saturated carbocycles. The SMILES string of the molecule is O=C(CCc1ncc(-c2ccccc2)o1)N1C2CCNCC1CC2. The van der Waals surface area contributed by atoms with Gasteiger partial charge < -0.3 is 14.6 Å². The van der Waals surface area contributed by atoms with Crippen LogP contribution in [-0.4, -0.2) is 41.0 Å². The fourth-order valence-electron chi connectivity index (χ4n) is 3.89. The number of nitrogens with one attached hydrogen (secondary N) is 1. The van der Waals surface area contributed by atoms with E-state index in [-0.39, 0.29) is 5.91 Å². The Hall–Kier alpha value is -2.14. The fourth-order valence-corrected chi connectivity index (χ4v) is 3.89. The summed E-state index contributed by atoms with van der Waals surface area (Å²) in [5.74, 6) is 1.64. The van der Waals surface area contributed by atoms with Crippen LogP contribution in [0.1, 0.15) is 31.6 Å². The third kappa shape index (κ3) is 3.08. The number of benzene rings is 1. The lowest BCUT2D eigenvalue weighted by Crippen LogP contribution is -2.42. The van der Waals surface area contributed by atoms with E-state index in [9.17, 15) is 4.79 Å². The predicted octanol–water partition coefficient (Wildman–Crippen LogP) is 2.63. The summed E-state index contributed by atoms with van der Waals surface area (Å²) >= 11 is 0. The average Bonchev–Trinajstić information content (AvgIpc) is 3.17. The number of hydrogen-bond acceptors (Lipinski definition) is 4. The summed E-state index contributed by atoms with van der Waals surface area (Å²) < 4.78 is 5.81. The molecule has 1 N–H and O–H groups in total. The molecule has 2 unspecified atom stereocenters. The van der Waals surface area contributed by atoms with Gasteiger partial charge in [0.1, 0.15) is 0 Å². The number of oxazole rings is 1. The Balaban J connectivity index is 1.38. The van der Waals surface area contributed by atoms with E-state index in [1.54, 1.807) is 6.20 Å². The number of carbonyl (C=O) groups is 1. The molecule has 3 heterocycles. The van der Waals surface area contributed by atoms with Gasteiger partial charge in [-0.1, -0.05) is 30.3 Å². The van der Waals surface area contributed by atoms with E-state index < -0.39 is 0 Å². The number of hydrogen-bond donors (Lipinski definition) is 1. The van der Waals surface area contributed by atoms with Gasteiger partial charge in [-0.15, -0.1) is 0 Å². The smallest absolute Gasteiger partial charge is 0.223 e. The predicted molar refractivity (Wildman–Crippen MR) is 91.4 cm³/mol. The van der Waals surface area contributed by atoms with Crippen molar-refractivity contribution in [2.45, 2.75) is 44.2 Å². The Morgan fingerprint density at radius 1 is 1.21 bits per heavy atom. The molecule has 126 valence electrons. The highest BCUT2D eigenvalue weighted by molar-refractivity contribution is 5.77. The van der Waals surface area contributed by atoms with Crippen LogP contribution in [0.3, 0.4) is 0 Å². The van der Waals surface area contributed by atoms with E-state index >= 15 is 0 Å². The second kappa shape index (κ2) is 6.77. The number of aryl methyl sites for hydroxylation is 1. The van der Waals surface area contributed by atoms with Gasteiger partial charge in [-0.25, -0.2) is 4.98 Å². The molecule has 2 saturated heterocycles. The van der Waals surface area contributed by atoms with Crippen molar-refractivity contribution in [1.82, 2.24) is 15.2 Å². The minimum absolute atomic E-state index is 0.241. The molecule has 2 atom stereocenters. The van der Waals surface area contributed by atoms with Crippen LogP contribution in [0.5, 0.6) is 0 Å². The standard InChI is InChI=1S/C19H23N3O2/c23-19(22-15-6-7-16(22)12-20-11-10-15)9-8-18-21-13-17(24-18)14-4-2-1-3-5-14/h1-5,13,15-16,20H,6-12H2. The van der Waals surface area contributed by atoms with E-state index in [0.29, 0.717) is 30.8 Å². The van der Waals surface area contributed by atoms with Gasteiger partial charge in [0, 0.05) is 37.0 Å². The molecule has 0 aliphatic carbocycles. The zero-order valence-corrected chi connectivity index (χ0v) is 13.8. The van der Waals surface area contributed by atoms with Gasteiger partial charge in [0.15, 0.2) is 11.7 Å².